The molecule has 0 unspecified atom stereocenters. The van der Waals surface area contributed by atoms with E-state index in [2.05, 4.69) is 27.2 Å². The van der Waals surface area contributed by atoms with Gasteiger partial charge in [0.2, 0.25) is 0 Å². The van der Waals surface area contributed by atoms with Crippen LogP contribution in [0.5, 0.6) is 0 Å². The van der Waals surface area contributed by atoms with E-state index in [1.54, 1.807) is 0 Å². The van der Waals surface area contributed by atoms with E-state index < -0.39 is 0 Å². The Morgan fingerprint density at radius 2 is 1.96 bits per heavy atom. The van der Waals surface area contributed by atoms with Crippen molar-refractivity contribution in [2.75, 3.05) is 13.1 Å². The van der Waals surface area contributed by atoms with Crippen LogP contribution in [0.4, 0.5) is 0 Å². The first kappa shape index (κ1) is 16.9. The molecule has 3 heterocycles. The Morgan fingerprint density at radius 3 is 2.86 bits per heavy atom. The fourth-order valence-corrected chi connectivity index (χ4v) is 4.16. The molecule has 0 N–H and O–H groups in total. The third-order valence-corrected chi connectivity index (χ3v) is 5.53. The zero-order valence-electron chi connectivity index (χ0n) is 15.7. The molecule has 0 bridgehead atoms. The number of likely N-dealkylation sites (tertiary alicyclic amines) is 1. The largest absolute Gasteiger partial charge is 0.338 e. The summed E-state index contributed by atoms with van der Waals surface area (Å²) in [6, 6.07) is 16.1. The van der Waals surface area contributed by atoms with Gasteiger partial charge in [-0.1, -0.05) is 30.3 Å². The Bertz CT molecular complexity index is 1180. The summed E-state index contributed by atoms with van der Waals surface area (Å²) in [7, 11) is 0. The zero-order valence-corrected chi connectivity index (χ0v) is 15.7. The van der Waals surface area contributed by atoms with Gasteiger partial charge in [-0.3, -0.25) is 4.79 Å². The Balaban J connectivity index is 1.44. The molecule has 0 spiro atoms. The van der Waals surface area contributed by atoms with Crippen molar-refractivity contribution in [3.05, 3.63) is 71.8 Å². The van der Waals surface area contributed by atoms with Gasteiger partial charge in [0.25, 0.3) is 11.7 Å². The lowest BCUT2D eigenvalue weighted by molar-refractivity contribution is 0.0705. The zero-order chi connectivity index (χ0) is 19.1. The summed E-state index contributed by atoms with van der Waals surface area (Å²) in [5.74, 6) is 0.938. The SMILES string of the molecule is Cc1cc([C@H]2CCCN(C(=O)c3ccc4ccccc4c3)C2)n2ncnc2n1. The van der Waals surface area contributed by atoms with Crippen LogP contribution in [0.1, 0.15) is 40.5 Å². The minimum Gasteiger partial charge on any atom is -0.338 e. The van der Waals surface area contributed by atoms with Crippen LogP contribution in [0.15, 0.2) is 54.9 Å². The van der Waals surface area contributed by atoms with Crippen molar-refractivity contribution >= 4 is 22.5 Å². The highest BCUT2D eigenvalue weighted by Gasteiger charge is 2.27. The Labute approximate surface area is 162 Å². The predicted octanol–water partition coefficient (Wildman–Crippen LogP) is 3.61. The van der Waals surface area contributed by atoms with E-state index in [4.69, 9.17) is 0 Å². The third-order valence-electron chi connectivity index (χ3n) is 5.53. The highest BCUT2D eigenvalue weighted by molar-refractivity contribution is 5.98. The molecule has 1 aliphatic heterocycles. The number of carbonyl (C=O) groups is 1. The predicted molar refractivity (Wildman–Crippen MR) is 107 cm³/mol. The molecule has 6 nitrogen and oxygen atoms in total. The summed E-state index contributed by atoms with van der Waals surface area (Å²) in [6.07, 6.45) is 3.54. The molecule has 1 fully saturated rings. The van der Waals surface area contributed by atoms with Gasteiger partial charge in [0, 0.05) is 30.3 Å². The van der Waals surface area contributed by atoms with Crippen molar-refractivity contribution < 1.29 is 4.79 Å². The summed E-state index contributed by atoms with van der Waals surface area (Å²) >= 11 is 0. The van der Waals surface area contributed by atoms with E-state index >= 15 is 0 Å². The summed E-state index contributed by atoms with van der Waals surface area (Å²) in [4.78, 5) is 23.8. The van der Waals surface area contributed by atoms with Crippen LogP contribution in [-0.2, 0) is 0 Å². The van der Waals surface area contributed by atoms with E-state index in [-0.39, 0.29) is 11.8 Å². The van der Waals surface area contributed by atoms with Crippen molar-refractivity contribution in [1.29, 1.82) is 0 Å². The first-order valence-electron chi connectivity index (χ1n) is 9.64. The van der Waals surface area contributed by atoms with Crippen molar-refractivity contribution in [1.82, 2.24) is 24.5 Å². The van der Waals surface area contributed by atoms with Gasteiger partial charge in [-0.15, -0.1) is 0 Å². The molecule has 5 rings (SSSR count). The first-order chi connectivity index (χ1) is 13.7. The molecule has 1 aliphatic rings. The quantitative estimate of drug-likeness (QED) is 0.540. The molecule has 28 heavy (non-hydrogen) atoms. The summed E-state index contributed by atoms with van der Waals surface area (Å²) in [6.45, 7) is 3.44. The average Bonchev–Trinajstić information content (AvgIpc) is 3.20. The molecule has 140 valence electrons. The maximum absolute atomic E-state index is 13.2. The highest BCUT2D eigenvalue weighted by atomic mass is 16.2. The molecule has 0 saturated carbocycles. The van der Waals surface area contributed by atoms with Gasteiger partial charge in [0.05, 0.1) is 5.69 Å². The average molecular weight is 371 g/mol. The topological polar surface area (TPSA) is 63.4 Å². The van der Waals surface area contributed by atoms with Gasteiger partial charge < -0.3 is 4.90 Å². The molecular weight excluding hydrogens is 350 g/mol. The van der Waals surface area contributed by atoms with Crippen LogP contribution >= 0.6 is 0 Å². The number of rotatable bonds is 2. The molecule has 6 heteroatoms. The minimum atomic E-state index is 0.0936. The van der Waals surface area contributed by atoms with Crippen molar-refractivity contribution in [3.63, 3.8) is 0 Å². The molecule has 1 amide bonds. The molecule has 0 radical (unpaired) electrons. The van der Waals surface area contributed by atoms with E-state index in [1.807, 2.05) is 52.7 Å². The van der Waals surface area contributed by atoms with Gasteiger partial charge in [0.1, 0.15) is 6.33 Å². The Hall–Kier alpha value is -3.28. The lowest BCUT2D eigenvalue weighted by Gasteiger charge is -2.33. The van der Waals surface area contributed by atoms with Crippen molar-refractivity contribution in [3.8, 4) is 0 Å². The first-order valence-corrected chi connectivity index (χ1v) is 9.64. The van der Waals surface area contributed by atoms with Crippen LogP contribution < -0.4 is 0 Å². The standard InChI is InChI=1S/C22H21N5O/c1-15-11-20(27-22(25-15)23-14-24-27)19-7-4-10-26(13-19)21(28)18-9-8-16-5-2-3-6-17(16)12-18/h2-3,5-6,8-9,11-12,14,19H,4,7,10,13H2,1H3/t19-/m0/s1. The number of amides is 1. The maximum atomic E-state index is 13.2. The second kappa shape index (κ2) is 6.71. The van der Waals surface area contributed by atoms with Crippen molar-refractivity contribution in [2.45, 2.75) is 25.7 Å². The second-order valence-electron chi connectivity index (χ2n) is 7.45. The van der Waals surface area contributed by atoms with Gasteiger partial charge in [-0.25, -0.2) is 9.50 Å². The third kappa shape index (κ3) is 2.91. The van der Waals surface area contributed by atoms with Gasteiger partial charge in [0.15, 0.2) is 0 Å². The van der Waals surface area contributed by atoms with Crippen molar-refractivity contribution in [2.24, 2.45) is 0 Å². The van der Waals surface area contributed by atoms with Crippen LogP contribution in [0, 0.1) is 6.92 Å². The van der Waals surface area contributed by atoms with Gasteiger partial charge >= 0.3 is 0 Å². The Morgan fingerprint density at radius 1 is 1.11 bits per heavy atom. The normalized spacial score (nSPS) is 17.3. The molecule has 2 aromatic carbocycles. The maximum Gasteiger partial charge on any atom is 0.253 e. The number of piperidine rings is 1. The second-order valence-corrected chi connectivity index (χ2v) is 7.45. The summed E-state index contributed by atoms with van der Waals surface area (Å²) in [5.41, 5.74) is 2.75. The number of hydrogen-bond acceptors (Lipinski definition) is 4. The van der Waals surface area contributed by atoms with E-state index in [0.717, 1.165) is 47.1 Å². The van der Waals surface area contributed by atoms with Crippen LogP contribution in [-0.4, -0.2) is 43.5 Å². The lowest BCUT2D eigenvalue weighted by atomic mass is 9.93. The number of fused-ring (bicyclic) bond motifs is 2. The molecular formula is C22H21N5O. The summed E-state index contributed by atoms with van der Waals surface area (Å²) in [5, 5.41) is 6.58. The highest BCUT2D eigenvalue weighted by Crippen LogP contribution is 2.28. The fraction of sp³-hybridized carbons (Fsp3) is 0.273. The van der Waals surface area contributed by atoms with Crippen LogP contribution in [0.2, 0.25) is 0 Å². The smallest absolute Gasteiger partial charge is 0.253 e. The van der Waals surface area contributed by atoms with E-state index in [0.29, 0.717) is 12.3 Å². The van der Waals surface area contributed by atoms with Gasteiger partial charge in [-0.2, -0.15) is 10.1 Å². The van der Waals surface area contributed by atoms with Crippen LogP contribution in [0.25, 0.3) is 16.6 Å². The molecule has 2 aromatic heterocycles. The molecule has 4 aromatic rings. The molecule has 1 atom stereocenters. The molecule has 1 saturated heterocycles. The summed E-state index contributed by atoms with van der Waals surface area (Å²) < 4.78 is 1.81. The van der Waals surface area contributed by atoms with E-state index in [1.165, 1.54) is 6.33 Å². The number of carbonyl (C=O) groups excluding carboxylic acids is 1. The monoisotopic (exact) mass is 371 g/mol. The number of aromatic nitrogens is 4. The number of hydrogen-bond donors (Lipinski definition) is 0. The van der Waals surface area contributed by atoms with Gasteiger partial charge in [-0.05, 0) is 48.7 Å². The number of aryl methyl sites for hydroxylation is 1. The fourth-order valence-electron chi connectivity index (χ4n) is 4.16. The number of benzene rings is 2. The minimum absolute atomic E-state index is 0.0936. The number of nitrogens with zero attached hydrogens (tertiary/aromatic N) is 5. The lowest BCUT2D eigenvalue weighted by Crippen LogP contribution is -2.39. The van der Waals surface area contributed by atoms with E-state index in [9.17, 15) is 4.79 Å². The molecule has 0 aliphatic carbocycles. The van der Waals surface area contributed by atoms with Crippen LogP contribution in [0.3, 0.4) is 0 Å². The Kier molecular flexibility index (Phi) is 4.04.